The van der Waals surface area contributed by atoms with E-state index in [-0.39, 0.29) is 17.6 Å². The Bertz CT molecular complexity index is 1850. The number of rotatable bonds is 5. The Morgan fingerprint density at radius 2 is 1.87 bits per heavy atom. The Morgan fingerprint density at radius 3 is 2.71 bits per heavy atom. The van der Waals surface area contributed by atoms with Gasteiger partial charge in [0.2, 0.25) is 5.91 Å². The Morgan fingerprint density at radius 1 is 1.00 bits per heavy atom. The minimum absolute atomic E-state index is 0.0294. The molecule has 0 saturated heterocycles. The summed E-state index contributed by atoms with van der Waals surface area (Å²) >= 11 is 0. The van der Waals surface area contributed by atoms with Gasteiger partial charge in [0.25, 0.3) is 0 Å². The highest BCUT2D eigenvalue weighted by molar-refractivity contribution is 5.97. The zero-order valence-electron chi connectivity index (χ0n) is 20.3. The number of carbonyl (C=O) groups is 1. The number of halogens is 1. The first kappa shape index (κ1) is 22.2. The normalized spacial score (nSPS) is 13.3. The molecule has 10 heteroatoms. The lowest BCUT2D eigenvalue weighted by molar-refractivity contribution is -0.117. The Kier molecular flexibility index (Phi) is 5.00. The van der Waals surface area contributed by atoms with Crippen LogP contribution in [0, 0.1) is 18.7 Å². The maximum absolute atomic E-state index is 14.1. The van der Waals surface area contributed by atoms with Gasteiger partial charge in [-0.15, -0.1) is 0 Å². The first-order valence-electron chi connectivity index (χ1n) is 12.2. The number of hydrogen-bond acceptors (Lipinski definition) is 6. The fourth-order valence-corrected chi connectivity index (χ4v) is 4.63. The van der Waals surface area contributed by atoms with Crippen molar-refractivity contribution in [2.75, 3.05) is 5.32 Å². The van der Waals surface area contributed by atoms with Gasteiger partial charge in [-0.05, 0) is 61.7 Å². The molecular weight excluding hydrogens is 483 g/mol. The monoisotopic (exact) mass is 504 g/mol. The number of H-pyrrole nitrogens is 2. The molecule has 5 heterocycles. The van der Waals surface area contributed by atoms with Crippen molar-refractivity contribution in [3.8, 4) is 33.9 Å². The van der Waals surface area contributed by atoms with E-state index in [1.807, 2.05) is 31.2 Å². The van der Waals surface area contributed by atoms with E-state index in [1.54, 1.807) is 24.8 Å². The van der Waals surface area contributed by atoms with Crippen LogP contribution in [-0.2, 0) is 4.79 Å². The number of carbonyl (C=O) groups excluding carboxylic acids is 1. The van der Waals surface area contributed by atoms with E-state index in [4.69, 9.17) is 4.98 Å². The Balaban J connectivity index is 1.29. The quantitative estimate of drug-likeness (QED) is 0.288. The first-order valence-corrected chi connectivity index (χ1v) is 12.2. The van der Waals surface area contributed by atoms with Crippen molar-refractivity contribution in [3.63, 3.8) is 0 Å². The van der Waals surface area contributed by atoms with Gasteiger partial charge in [-0.3, -0.25) is 19.9 Å². The van der Waals surface area contributed by atoms with Crippen LogP contribution in [-0.4, -0.2) is 41.0 Å². The SMILES string of the molecule is Cc1cc(F)cc(-c2nccc3[nH]c(-c4n[nH]c5ncc(-c6cncc(NC(=O)C7CC7)c6)cc45)nc23)c1. The van der Waals surface area contributed by atoms with Gasteiger partial charge < -0.3 is 10.3 Å². The minimum atomic E-state index is -0.322. The molecule has 1 saturated carbocycles. The van der Waals surface area contributed by atoms with E-state index in [2.05, 4.69) is 35.5 Å². The Labute approximate surface area is 215 Å². The van der Waals surface area contributed by atoms with Gasteiger partial charge in [0, 0.05) is 41.2 Å². The van der Waals surface area contributed by atoms with Gasteiger partial charge in [0.05, 0.1) is 28.5 Å². The molecule has 186 valence electrons. The third-order valence-electron chi connectivity index (χ3n) is 6.64. The predicted molar refractivity (Wildman–Crippen MR) is 141 cm³/mol. The number of pyridine rings is 3. The number of anilines is 1. The number of nitrogens with zero attached hydrogens (tertiary/aromatic N) is 5. The van der Waals surface area contributed by atoms with E-state index < -0.39 is 0 Å². The van der Waals surface area contributed by atoms with Crippen LogP contribution in [0.25, 0.3) is 56.0 Å². The lowest BCUT2D eigenvalue weighted by Gasteiger charge is -2.06. The van der Waals surface area contributed by atoms with Crippen molar-refractivity contribution in [2.45, 2.75) is 19.8 Å². The summed E-state index contributed by atoms with van der Waals surface area (Å²) in [4.78, 5) is 33.6. The second-order valence-corrected chi connectivity index (χ2v) is 9.58. The largest absolute Gasteiger partial charge is 0.336 e. The molecule has 1 fully saturated rings. The third-order valence-corrected chi connectivity index (χ3v) is 6.64. The smallest absolute Gasteiger partial charge is 0.227 e. The fourth-order valence-electron chi connectivity index (χ4n) is 4.63. The molecule has 1 amide bonds. The molecule has 1 aliphatic rings. The van der Waals surface area contributed by atoms with E-state index in [0.717, 1.165) is 40.4 Å². The summed E-state index contributed by atoms with van der Waals surface area (Å²) in [5.41, 5.74) is 6.92. The molecule has 38 heavy (non-hydrogen) atoms. The average Bonchev–Trinajstić information content (AvgIpc) is 3.54. The molecule has 6 aromatic rings. The van der Waals surface area contributed by atoms with Crippen molar-refractivity contribution in [1.29, 1.82) is 0 Å². The lowest BCUT2D eigenvalue weighted by Crippen LogP contribution is -2.13. The number of nitrogens with one attached hydrogen (secondary N) is 3. The van der Waals surface area contributed by atoms with Gasteiger partial charge in [-0.25, -0.2) is 14.4 Å². The molecule has 1 aliphatic carbocycles. The number of aromatic amines is 2. The van der Waals surface area contributed by atoms with Crippen molar-refractivity contribution in [2.24, 2.45) is 5.92 Å². The highest BCUT2D eigenvalue weighted by atomic mass is 19.1. The molecule has 5 aromatic heterocycles. The van der Waals surface area contributed by atoms with Crippen LogP contribution in [0.4, 0.5) is 10.1 Å². The summed E-state index contributed by atoms with van der Waals surface area (Å²) in [5, 5.41) is 11.2. The predicted octanol–water partition coefficient (Wildman–Crippen LogP) is 5.42. The maximum atomic E-state index is 14.1. The molecule has 0 spiro atoms. The number of amides is 1. The number of aryl methyl sites for hydroxylation is 1. The first-order chi connectivity index (χ1) is 18.5. The summed E-state index contributed by atoms with van der Waals surface area (Å²) in [7, 11) is 0. The second-order valence-electron chi connectivity index (χ2n) is 9.58. The van der Waals surface area contributed by atoms with Gasteiger partial charge in [0.1, 0.15) is 17.0 Å². The molecule has 0 unspecified atom stereocenters. The third kappa shape index (κ3) is 3.96. The Hall–Kier alpha value is -4.99. The fraction of sp³-hybridized carbons (Fsp3) is 0.143. The van der Waals surface area contributed by atoms with E-state index in [0.29, 0.717) is 39.6 Å². The number of benzene rings is 1. The standard InChI is InChI=1S/C28H21FN8O/c1-14-6-16(8-19(29)7-14)23-25-22(4-5-31-23)34-27(35-25)24-21-10-18(12-32-26(21)37-36-24)17-9-20(13-30-11-17)33-28(38)15-2-3-15/h4-13,15H,2-3H2,1H3,(H,33,38)(H,34,35)(H,32,36,37). The summed E-state index contributed by atoms with van der Waals surface area (Å²) < 4.78 is 14.1. The van der Waals surface area contributed by atoms with Crippen molar-refractivity contribution < 1.29 is 9.18 Å². The van der Waals surface area contributed by atoms with Gasteiger partial charge in [-0.2, -0.15) is 5.10 Å². The number of imidazole rings is 1. The molecule has 0 bridgehead atoms. The van der Waals surface area contributed by atoms with Crippen LogP contribution in [0.1, 0.15) is 18.4 Å². The van der Waals surface area contributed by atoms with Crippen LogP contribution >= 0.6 is 0 Å². The second kappa shape index (κ2) is 8.55. The summed E-state index contributed by atoms with van der Waals surface area (Å²) in [5.74, 6) is 0.352. The molecule has 0 atom stereocenters. The minimum Gasteiger partial charge on any atom is -0.336 e. The van der Waals surface area contributed by atoms with E-state index in [1.165, 1.54) is 12.1 Å². The zero-order valence-corrected chi connectivity index (χ0v) is 20.3. The van der Waals surface area contributed by atoms with E-state index >= 15 is 0 Å². The van der Waals surface area contributed by atoms with Crippen LogP contribution in [0.3, 0.4) is 0 Å². The topological polar surface area (TPSA) is 125 Å². The summed E-state index contributed by atoms with van der Waals surface area (Å²) in [6.07, 6.45) is 8.65. The van der Waals surface area contributed by atoms with Crippen molar-refractivity contribution in [1.82, 2.24) is 35.1 Å². The van der Waals surface area contributed by atoms with E-state index in [9.17, 15) is 9.18 Å². The highest BCUT2D eigenvalue weighted by Crippen LogP contribution is 2.33. The van der Waals surface area contributed by atoms with Gasteiger partial charge in [-0.1, -0.05) is 0 Å². The van der Waals surface area contributed by atoms with Crippen LogP contribution < -0.4 is 5.32 Å². The van der Waals surface area contributed by atoms with Crippen LogP contribution in [0.2, 0.25) is 0 Å². The maximum Gasteiger partial charge on any atom is 0.227 e. The highest BCUT2D eigenvalue weighted by Gasteiger charge is 2.29. The summed E-state index contributed by atoms with van der Waals surface area (Å²) in [6, 6.07) is 10.5. The van der Waals surface area contributed by atoms with Crippen molar-refractivity contribution >= 4 is 33.7 Å². The zero-order chi connectivity index (χ0) is 25.8. The summed E-state index contributed by atoms with van der Waals surface area (Å²) in [6.45, 7) is 1.84. The van der Waals surface area contributed by atoms with Gasteiger partial charge in [0.15, 0.2) is 11.5 Å². The lowest BCUT2D eigenvalue weighted by atomic mass is 10.1. The molecule has 0 radical (unpaired) electrons. The molecule has 1 aromatic carbocycles. The molecule has 9 nitrogen and oxygen atoms in total. The molecular formula is C28H21FN8O. The molecule has 7 rings (SSSR count). The molecule has 3 N–H and O–H groups in total. The average molecular weight is 505 g/mol. The van der Waals surface area contributed by atoms with Crippen LogP contribution in [0.5, 0.6) is 0 Å². The van der Waals surface area contributed by atoms with Crippen LogP contribution in [0.15, 0.2) is 61.2 Å². The van der Waals surface area contributed by atoms with Gasteiger partial charge >= 0.3 is 0 Å². The van der Waals surface area contributed by atoms with Crippen molar-refractivity contribution in [3.05, 3.63) is 72.6 Å². The molecule has 0 aliphatic heterocycles. The number of fused-ring (bicyclic) bond motifs is 2. The number of aromatic nitrogens is 7. The number of hydrogen-bond donors (Lipinski definition) is 3.